The van der Waals surface area contributed by atoms with Gasteiger partial charge in [0.05, 0.1) is 0 Å². The maximum atomic E-state index is 13.0. The number of aryl methyl sites for hydroxylation is 2. The number of ether oxygens (including phenoxy) is 1. The van der Waals surface area contributed by atoms with Gasteiger partial charge in [0.15, 0.2) is 11.6 Å². The van der Waals surface area contributed by atoms with Crippen molar-refractivity contribution >= 4 is 0 Å². The molecule has 1 rings (SSSR count). The van der Waals surface area contributed by atoms with Gasteiger partial charge in [0.1, 0.15) is 0 Å². The number of halogens is 3. The van der Waals surface area contributed by atoms with Gasteiger partial charge in [-0.05, 0) is 31.0 Å². The molecular formula is C9H9F3O. The summed E-state index contributed by atoms with van der Waals surface area (Å²) in [6, 6.07) is 2.74. The molecule has 0 heterocycles. The van der Waals surface area contributed by atoms with E-state index in [1.54, 1.807) is 13.0 Å². The van der Waals surface area contributed by atoms with E-state index in [1.807, 2.05) is 0 Å². The highest BCUT2D eigenvalue weighted by molar-refractivity contribution is 5.37. The van der Waals surface area contributed by atoms with Crippen LogP contribution in [0.15, 0.2) is 12.1 Å². The van der Waals surface area contributed by atoms with Gasteiger partial charge in [0, 0.05) is 0 Å². The van der Waals surface area contributed by atoms with Gasteiger partial charge < -0.3 is 4.74 Å². The van der Waals surface area contributed by atoms with Gasteiger partial charge in [0.25, 0.3) is 0 Å². The number of rotatable bonds is 2. The standard InChI is InChI=1S/C9H9F3O/c1-5-3-6(2)8(7(10)4-5)13-9(11)12/h3-4,9H,1-2H3. The number of hydrogen-bond donors (Lipinski definition) is 0. The molecule has 0 aliphatic heterocycles. The normalized spacial score (nSPS) is 10.6. The minimum Gasteiger partial charge on any atom is -0.431 e. The molecule has 0 amide bonds. The number of hydrogen-bond acceptors (Lipinski definition) is 1. The van der Waals surface area contributed by atoms with Crippen molar-refractivity contribution in [1.29, 1.82) is 0 Å². The van der Waals surface area contributed by atoms with E-state index in [1.165, 1.54) is 6.92 Å². The summed E-state index contributed by atoms with van der Waals surface area (Å²) in [6.45, 7) is 0.214. The monoisotopic (exact) mass is 190 g/mol. The predicted octanol–water partition coefficient (Wildman–Crippen LogP) is 3.04. The Morgan fingerprint density at radius 1 is 1.23 bits per heavy atom. The van der Waals surface area contributed by atoms with Crippen molar-refractivity contribution in [3.8, 4) is 5.75 Å². The highest BCUT2D eigenvalue weighted by Crippen LogP contribution is 2.25. The fraction of sp³-hybridized carbons (Fsp3) is 0.333. The predicted molar refractivity (Wildman–Crippen MR) is 42.5 cm³/mol. The topological polar surface area (TPSA) is 9.23 Å². The van der Waals surface area contributed by atoms with Crippen molar-refractivity contribution in [3.63, 3.8) is 0 Å². The third-order valence-electron chi connectivity index (χ3n) is 1.58. The SMILES string of the molecule is Cc1cc(C)c(OC(F)F)c(F)c1. The van der Waals surface area contributed by atoms with Crippen LogP contribution in [-0.4, -0.2) is 6.61 Å². The second kappa shape index (κ2) is 3.68. The van der Waals surface area contributed by atoms with E-state index in [4.69, 9.17) is 0 Å². The Morgan fingerprint density at radius 2 is 1.85 bits per heavy atom. The first kappa shape index (κ1) is 9.89. The lowest BCUT2D eigenvalue weighted by Crippen LogP contribution is -2.05. The van der Waals surface area contributed by atoms with Crippen molar-refractivity contribution in [2.24, 2.45) is 0 Å². The quantitative estimate of drug-likeness (QED) is 0.696. The van der Waals surface area contributed by atoms with Crippen LogP contribution in [0.4, 0.5) is 13.2 Å². The first-order valence-electron chi connectivity index (χ1n) is 3.72. The second-order valence-corrected chi connectivity index (χ2v) is 2.77. The van der Waals surface area contributed by atoms with Gasteiger partial charge in [-0.2, -0.15) is 8.78 Å². The number of alkyl halides is 2. The van der Waals surface area contributed by atoms with Crippen LogP contribution < -0.4 is 4.74 Å². The van der Waals surface area contributed by atoms with Crippen LogP contribution in [0.5, 0.6) is 5.75 Å². The van der Waals surface area contributed by atoms with E-state index in [-0.39, 0.29) is 5.75 Å². The van der Waals surface area contributed by atoms with E-state index in [2.05, 4.69) is 4.74 Å². The van der Waals surface area contributed by atoms with E-state index >= 15 is 0 Å². The van der Waals surface area contributed by atoms with Crippen LogP contribution >= 0.6 is 0 Å². The number of benzene rings is 1. The lowest BCUT2D eigenvalue weighted by Gasteiger charge is -2.09. The molecule has 4 heteroatoms. The highest BCUT2D eigenvalue weighted by atomic mass is 19.3. The fourth-order valence-corrected chi connectivity index (χ4v) is 1.14. The first-order chi connectivity index (χ1) is 6.00. The summed E-state index contributed by atoms with van der Waals surface area (Å²) in [7, 11) is 0. The molecule has 72 valence electrons. The summed E-state index contributed by atoms with van der Waals surface area (Å²) >= 11 is 0. The minimum atomic E-state index is -2.99. The van der Waals surface area contributed by atoms with Crippen molar-refractivity contribution in [3.05, 3.63) is 29.1 Å². The Labute approximate surface area is 74.1 Å². The Kier molecular flexibility index (Phi) is 2.80. The molecule has 1 aromatic rings. The Hall–Kier alpha value is -1.19. The maximum Gasteiger partial charge on any atom is 0.387 e. The van der Waals surface area contributed by atoms with Gasteiger partial charge in [-0.3, -0.25) is 0 Å². The van der Waals surface area contributed by atoms with Gasteiger partial charge in [-0.25, -0.2) is 4.39 Å². The molecule has 0 aromatic heterocycles. The zero-order chi connectivity index (χ0) is 10.0. The summed E-state index contributed by atoms with van der Waals surface area (Å²) in [4.78, 5) is 0. The van der Waals surface area contributed by atoms with E-state index in [0.717, 1.165) is 6.07 Å². The van der Waals surface area contributed by atoms with Crippen LogP contribution in [0.2, 0.25) is 0 Å². The lowest BCUT2D eigenvalue weighted by atomic mass is 10.1. The zero-order valence-corrected chi connectivity index (χ0v) is 7.27. The van der Waals surface area contributed by atoms with Crippen molar-refractivity contribution in [2.45, 2.75) is 20.5 Å². The molecule has 0 spiro atoms. The van der Waals surface area contributed by atoms with Gasteiger partial charge in [-0.1, -0.05) is 6.07 Å². The molecule has 13 heavy (non-hydrogen) atoms. The molecule has 0 unspecified atom stereocenters. The third-order valence-corrected chi connectivity index (χ3v) is 1.58. The van der Waals surface area contributed by atoms with Crippen molar-refractivity contribution in [1.82, 2.24) is 0 Å². The molecular weight excluding hydrogens is 181 g/mol. The summed E-state index contributed by atoms with van der Waals surface area (Å²) < 4.78 is 40.6. The van der Waals surface area contributed by atoms with Crippen molar-refractivity contribution in [2.75, 3.05) is 0 Å². The summed E-state index contributed by atoms with van der Waals surface area (Å²) in [6.07, 6.45) is 0. The molecule has 0 saturated carbocycles. The van der Waals surface area contributed by atoms with Crippen LogP contribution in [-0.2, 0) is 0 Å². The molecule has 0 radical (unpaired) electrons. The molecule has 0 atom stereocenters. The molecule has 1 nitrogen and oxygen atoms in total. The Balaban J connectivity index is 3.06. The Morgan fingerprint density at radius 3 is 2.31 bits per heavy atom. The highest BCUT2D eigenvalue weighted by Gasteiger charge is 2.12. The average molecular weight is 190 g/mol. The smallest absolute Gasteiger partial charge is 0.387 e. The zero-order valence-electron chi connectivity index (χ0n) is 7.27. The minimum absolute atomic E-state index is 0.373. The molecule has 0 fully saturated rings. The average Bonchev–Trinajstić information content (AvgIpc) is 1.96. The summed E-state index contributed by atoms with van der Waals surface area (Å²) in [5, 5.41) is 0. The Bertz CT molecular complexity index is 287. The molecule has 0 aliphatic carbocycles. The summed E-state index contributed by atoms with van der Waals surface area (Å²) in [5.41, 5.74) is 1.05. The van der Waals surface area contributed by atoms with Gasteiger partial charge in [-0.15, -0.1) is 0 Å². The van der Waals surface area contributed by atoms with Gasteiger partial charge >= 0.3 is 6.61 Å². The van der Waals surface area contributed by atoms with Crippen LogP contribution in [0.1, 0.15) is 11.1 Å². The molecule has 0 N–H and O–H groups in total. The van der Waals surface area contributed by atoms with Crippen LogP contribution in [0.25, 0.3) is 0 Å². The molecule has 0 aliphatic rings. The molecule has 0 saturated heterocycles. The van der Waals surface area contributed by atoms with Crippen LogP contribution in [0, 0.1) is 19.7 Å². The fourth-order valence-electron chi connectivity index (χ4n) is 1.14. The van der Waals surface area contributed by atoms with Crippen LogP contribution in [0.3, 0.4) is 0 Å². The van der Waals surface area contributed by atoms with Crippen molar-refractivity contribution < 1.29 is 17.9 Å². The van der Waals surface area contributed by atoms with E-state index < -0.39 is 12.4 Å². The molecule has 1 aromatic carbocycles. The van der Waals surface area contributed by atoms with E-state index in [0.29, 0.717) is 11.1 Å². The maximum absolute atomic E-state index is 13.0. The van der Waals surface area contributed by atoms with E-state index in [9.17, 15) is 13.2 Å². The van der Waals surface area contributed by atoms with Gasteiger partial charge in [0.2, 0.25) is 0 Å². The lowest BCUT2D eigenvalue weighted by molar-refractivity contribution is -0.0526. The third kappa shape index (κ3) is 2.37. The molecule has 0 bridgehead atoms. The second-order valence-electron chi connectivity index (χ2n) is 2.77. The summed E-state index contributed by atoms with van der Waals surface area (Å²) in [5.74, 6) is -1.13. The largest absolute Gasteiger partial charge is 0.431 e. The first-order valence-corrected chi connectivity index (χ1v) is 3.72.